The van der Waals surface area contributed by atoms with Crippen molar-refractivity contribution in [2.24, 2.45) is 0 Å². The summed E-state index contributed by atoms with van der Waals surface area (Å²) in [6, 6.07) is 16.3. The first kappa shape index (κ1) is 17.1. The lowest BCUT2D eigenvalue weighted by Gasteiger charge is -2.11. The molecule has 3 aromatic rings. The number of thioether (sulfide) groups is 1. The van der Waals surface area contributed by atoms with Crippen LogP contribution in [0.3, 0.4) is 0 Å². The SMILES string of the molecule is Cc1ccc(Cn2c(CO)cnc2SCc2cccc(Cl)c2)cc1. The first-order valence-electron chi connectivity index (χ1n) is 7.74. The zero-order chi connectivity index (χ0) is 16.9. The van der Waals surface area contributed by atoms with Gasteiger partial charge in [0.1, 0.15) is 0 Å². The molecular weight excluding hydrogens is 340 g/mol. The Bertz CT molecular complexity index is 814. The van der Waals surface area contributed by atoms with Gasteiger partial charge in [0.2, 0.25) is 0 Å². The molecule has 0 bridgehead atoms. The Hall–Kier alpha value is -1.75. The third-order valence-corrected chi connectivity index (χ3v) is 5.08. The van der Waals surface area contributed by atoms with Gasteiger partial charge in [0.05, 0.1) is 18.5 Å². The van der Waals surface area contributed by atoms with Gasteiger partial charge in [-0.15, -0.1) is 0 Å². The lowest BCUT2D eigenvalue weighted by Crippen LogP contribution is -2.06. The van der Waals surface area contributed by atoms with Crippen molar-refractivity contribution >= 4 is 23.4 Å². The van der Waals surface area contributed by atoms with E-state index in [1.54, 1.807) is 18.0 Å². The molecule has 3 nitrogen and oxygen atoms in total. The average molecular weight is 359 g/mol. The normalized spacial score (nSPS) is 11.0. The number of benzene rings is 2. The molecule has 0 fully saturated rings. The Kier molecular flexibility index (Phi) is 5.61. The molecule has 0 unspecified atom stereocenters. The van der Waals surface area contributed by atoms with Crippen LogP contribution in [0.2, 0.25) is 5.02 Å². The number of hydrogen-bond acceptors (Lipinski definition) is 3. The van der Waals surface area contributed by atoms with Crippen molar-refractivity contribution in [3.05, 3.63) is 82.1 Å². The first-order chi connectivity index (χ1) is 11.7. The van der Waals surface area contributed by atoms with E-state index in [1.165, 1.54) is 11.1 Å². The standard InChI is InChI=1S/C19H19ClN2OS/c1-14-5-7-15(8-6-14)11-22-18(12-23)10-21-19(22)24-13-16-3-2-4-17(20)9-16/h2-10,23H,11-13H2,1H3. The topological polar surface area (TPSA) is 38.0 Å². The zero-order valence-corrected chi connectivity index (χ0v) is 15.0. The van der Waals surface area contributed by atoms with Crippen LogP contribution in [-0.4, -0.2) is 14.7 Å². The van der Waals surface area contributed by atoms with Gasteiger partial charge in [0.15, 0.2) is 5.16 Å². The Morgan fingerprint density at radius 2 is 1.92 bits per heavy atom. The van der Waals surface area contributed by atoms with Gasteiger partial charge in [-0.3, -0.25) is 0 Å². The Balaban J connectivity index is 1.78. The summed E-state index contributed by atoms with van der Waals surface area (Å²) in [5.74, 6) is 0.788. The summed E-state index contributed by atoms with van der Waals surface area (Å²) in [7, 11) is 0. The van der Waals surface area contributed by atoms with Crippen LogP contribution >= 0.6 is 23.4 Å². The number of halogens is 1. The molecule has 0 saturated carbocycles. The van der Waals surface area contributed by atoms with E-state index in [2.05, 4.69) is 46.8 Å². The first-order valence-corrected chi connectivity index (χ1v) is 9.10. The largest absolute Gasteiger partial charge is 0.390 e. The molecule has 0 aliphatic rings. The van der Waals surface area contributed by atoms with Gasteiger partial charge >= 0.3 is 0 Å². The van der Waals surface area contributed by atoms with Crippen molar-refractivity contribution in [2.45, 2.75) is 31.0 Å². The van der Waals surface area contributed by atoms with Gasteiger partial charge in [-0.2, -0.15) is 0 Å². The molecule has 1 aromatic heterocycles. The van der Waals surface area contributed by atoms with Crippen molar-refractivity contribution in [3.63, 3.8) is 0 Å². The van der Waals surface area contributed by atoms with Crippen LogP contribution in [-0.2, 0) is 18.9 Å². The van der Waals surface area contributed by atoms with Crippen LogP contribution in [0.4, 0.5) is 0 Å². The van der Waals surface area contributed by atoms with Crippen molar-refractivity contribution < 1.29 is 5.11 Å². The second-order valence-corrected chi connectivity index (χ2v) is 7.06. The van der Waals surface area contributed by atoms with Gasteiger partial charge < -0.3 is 9.67 Å². The fourth-order valence-electron chi connectivity index (χ4n) is 2.45. The number of aliphatic hydroxyl groups is 1. The molecule has 0 aliphatic carbocycles. The lowest BCUT2D eigenvalue weighted by atomic mass is 10.1. The van der Waals surface area contributed by atoms with Crippen molar-refractivity contribution in [3.8, 4) is 0 Å². The maximum Gasteiger partial charge on any atom is 0.168 e. The molecule has 2 aromatic carbocycles. The predicted molar refractivity (Wildman–Crippen MR) is 99.4 cm³/mol. The highest BCUT2D eigenvalue weighted by Crippen LogP contribution is 2.25. The summed E-state index contributed by atoms with van der Waals surface area (Å²) in [6.45, 7) is 2.76. The molecule has 0 saturated heterocycles. The quantitative estimate of drug-likeness (QED) is 0.650. The lowest BCUT2D eigenvalue weighted by molar-refractivity contribution is 0.270. The smallest absolute Gasteiger partial charge is 0.168 e. The molecule has 0 spiro atoms. The molecule has 24 heavy (non-hydrogen) atoms. The number of aliphatic hydroxyl groups excluding tert-OH is 1. The van der Waals surface area contributed by atoms with E-state index < -0.39 is 0 Å². The number of aryl methyl sites for hydroxylation is 1. The molecule has 1 heterocycles. The molecule has 0 atom stereocenters. The maximum absolute atomic E-state index is 9.59. The third kappa shape index (κ3) is 4.20. The van der Waals surface area contributed by atoms with E-state index in [4.69, 9.17) is 11.6 Å². The monoisotopic (exact) mass is 358 g/mol. The summed E-state index contributed by atoms with van der Waals surface area (Å²) < 4.78 is 2.07. The number of hydrogen-bond donors (Lipinski definition) is 1. The van der Waals surface area contributed by atoms with Crippen molar-refractivity contribution in [1.82, 2.24) is 9.55 Å². The molecule has 1 N–H and O–H groups in total. The fourth-order valence-corrected chi connectivity index (χ4v) is 3.61. The number of rotatable bonds is 6. The van der Waals surface area contributed by atoms with Crippen LogP contribution in [0.1, 0.15) is 22.4 Å². The minimum absolute atomic E-state index is 0.0173. The highest BCUT2D eigenvalue weighted by Gasteiger charge is 2.11. The summed E-state index contributed by atoms with van der Waals surface area (Å²) in [5.41, 5.74) is 4.41. The van der Waals surface area contributed by atoms with Crippen LogP contribution in [0.5, 0.6) is 0 Å². The van der Waals surface area contributed by atoms with Gasteiger partial charge in [0, 0.05) is 17.3 Å². The molecule has 0 radical (unpaired) electrons. The van der Waals surface area contributed by atoms with Crippen molar-refractivity contribution in [1.29, 1.82) is 0 Å². The molecule has 124 valence electrons. The van der Waals surface area contributed by atoms with Gasteiger partial charge in [-0.05, 0) is 30.2 Å². The van der Waals surface area contributed by atoms with E-state index in [0.29, 0.717) is 6.54 Å². The number of nitrogens with zero attached hydrogens (tertiary/aromatic N) is 2. The Morgan fingerprint density at radius 3 is 2.62 bits per heavy atom. The van der Waals surface area contributed by atoms with Crippen LogP contribution in [0, 0.1) is 6.92 Å². The molecule has 5 heteroatoms. The highest BCUT2D eigenvalue weighted by atomic mass is 35.5. The molecule has 0 aliphatic heterocycles. The minimum atomic E-state index is -0.0173. The van der Waals surface area contributed by atoms with Gasteiger partial charge in [-0.1, -0.05) is 65.3 Å². The average Bonchev–Trinajstić information content (AvgIpc) is 2.97. The zero-order valence-electron chi connectivity index (χ0n) is 13.4. The summed E-state index contributed by atoms with van der Waals surface area (Å²) in [5, 5.41) is 11.2. The fraction of sp³-hybridized carbons (Fsp3) is 0.211. The van der Waals surface area contributed by atoms with Gasteiger partial charge in [-0.25, -0.2) is 4.98 Å². The van der Waals surface area contributed by atoms with Crippen molar-refractivity contribution in [2.75, 3.05) is 0 Å². The number of imidazole rings is 1. The van der Waals surface area contributed by atoms with E-state index >= 15 is 0 Å². The van der Waals surface area contributed by atoms with Crippen LogP contribution < -0.4 is 0 Å². The van der Waals surface area contributed by atoms with Crippen LogP contribution in [0.15, 0.2) is 59.9 Å². The second kappa shape index (κ2) is 7.88. The van der Waals surface area contributed by atoms with Crippen LogP contribution in [0.25, 0.3) is 0 Å². The molecule has 3 rings (SSSR count). The van der Waals surface area contributed by atoms with E-state index in [1.807, 2.05) is 18.2 Å². The minimum Gasteiger partial charge on any atom is -0.390 e. The third-order valence-electron chi connectivity index (χ3n) is 3.78. The van der Waals surface area contributed by atoms with E-state index in [9.17, 15) is 5.11 Å². The Labute approximate surface area is 151 Å². The van der Waals surface area contributed by atoms with E-state index in [0.717, 1.165) is 27.2 Å². The molecule has 0 amide bonds. The highest BCUT2D eigenvalue weighted by molar-refractivity contribution is 7.98. The summed E-state index contributed by atoms with van der Waals surface area (Å²) in [6.07, 6.45) is 1.74. The predicted octanol–water partition coefficient (Wildman–Crippen LogP) is 4.68. The second-order valence-electron chi connectivity index (χ2n) is 5.68. The number of aromatic nitrogens is 2. The van der Waals surface area contributed by atoms with E-state index in [-0.39, 0.29) is 6.61 Å². The Morgan fingerprint density at radius 1 is 1.12 bits per heavy atom. The summed E-state index contributed by atoms with van der Waals surface area (Å²) >= 11 is 7.69. The molecular formula is C19H19ClN2OS. The maximum atomic E-state index is 9.59. The van der Waals surface area contributed by atoms with Gasteiger partial charge in [0.25, 0.3) is 0 Å². The summed E-state index contributed by atoms with van der Waals surface area (Å²) in [4.78, 5) is 4.47.